The van der Waals surface area contributed by atoms with Gasteiger partial charge in [-0.25, -0.2) is 8.42 Å². The summed E-state index contributed by atoms with van der Waals surface area (Å²) < 4.78 is 23.2. The fourth-order valence-electron chi connectivity index (χ4n) is 3.80. The molecule has 1 aliphatic heterocycles. The molecule has 0 amide bonds. The predicted molar refractivity (Wildman–Crippen MR) is 86.2 cm³/mol. The van der Waals surface area contributed by atoms with E-state index < -0.39 is 9.84 Å². The fraction of sp³-hybridized carbons (Fsp3) is 1.00. The molecule has 5 heteroatoms. The third-order valence-corrected chi connectivity index (χ3v) is 7.28. The van der Waals surface area contributed by atoms with Gasteiger partial charge in [0.1, 0.15) is 0 Å². The van der Waals surface area contributed by atoms with Crippen LogP contribution in [0.25, 0.3) is 0 Å². The van der Waals surface area contributed by atoms with Crippen LogP contribution in [0.3, 0.4) is 0 Å². The van der Waals surface area contributed by atoms with E-state index in [0.29, 0.717) is 16.9 Å². The van der Waals surface area contributed by atoms with Crippen molar-refractivity contribution in [3.05, 3.63) is 0 Å². The molecular formula is C16H30N2O2S. The molecule has 3 aliphatic rings. The summed E-state index contributed by atoms with van der Waals surface area (Å²) in [6, 6.07) is 0.767. The molecule has 0 bridgehead atoms. The monoisotopic (exact) mass is 314 g/mol. The first-order valence-electron chi connectivity index (χ1n) is 8.63. The van der Waals surface area contributed by atoms with E-state index in [0.717, 1.165) is 38.1 Å². The molecule has 3 rings (SSSR count). The van der Waals surface area contributed by atoms with Crippen LogP contribution in [0, 0.1) is 11.3 Å². The minimum Gasteiger partial charge on any atom is -0.313 e. The van der Waals surface area contributed by atoms with Crippen LogP contribution in [0.1, 0.15) is 45.4 Å². The van der Waals surface area contributed by atoms with Gasteiger partial charge in [0.2, 0.25) is 0 Å². The molecule has 21 heavy (non-hydrogen) atoms. The summed E-state index contributed by atoms with van der Waals surface area (Å²) in [5.74, 6) is 1.58. The number of hydrogen-bond acceptors (Lipinski definition) is 4. The van der Waals surface area contributed by atoms with Crippen LogP contribution in [0.2, 0.25) is 0 Å². The molecule has 0 atom stereocenters. The average Bonchev–Trinajstić information content (AvgIpc) is 3.27. The summed E-state index contributed by atoms with van der Waals surface area (Å²) in [4.78, 5) is 2.41. The Bertz CT molecular complexity index is 437. The lowest BCUT2D eigenvalue weighted by Crippen LogP contribution is -2.50. The Morgan fingerprint density at radius 2 is 1.71 bits per heavy atom. The molecule has 0 aromatic rings. The van der Waals surface area contributed by atoms with Crippen molar-refractivity contribution in [3.63, 3.8) is 0 Å². The van der Waals surface area contributed by atoms with Crippen LogP contribution in [0.15, 0.2) is 0 Å². The fourth-order valence-corrected chi connectivity index (χ4v) is 5.07. The maximum Gasteiger partial charge on any atom is 0.152 e. The quantitative estimate of drug-likeness (QED) is 0.838. The van der Waals surface area contributed by atoms with Gasteiger partial charge in [0, 0.05) is 32.2 Å². The second-order valence-electron chi connectivity index (χ2n) is 7.77. The first-order valence-corrected chi connectivity index (χ1v) is 10.4. The van der Waals surface area contributed by atoms with Crippen molar-refractivity contribution in [2.75, 3.05) is 37.7 Å². The van der Waals surface area contributed by atoms with E-state index in [1.807, 2.05) is 0 Å². The number of rotatable bonds is 5. The van der Waals surface area contributed by atoms with Gasteiger partial charge in [-0.05, 0) is 37.0 Å². The molecule has 1 heterocycles. The third-order valence-electron chi connectivity index (χ3n) is 5.67. The second-order valence-corrected chi connectivity index (χ2v) is 10.1. The van der Waals surface area contributed by atoms with Crippen molar-refractivity contribution in [2.45, 2.75) is 51.5 Å². The highest BCUT2D eigenvalue weighted by molar-refractivity contribution is 7.91. The summed E-state index contributed by atoms with van der Waals surface area (Å²) in [7, 11) is -2.76. The molecule has 0 aromatic carbocycles. The van der Waals surface area contributed by atoms with Crippen molar-refractivity contribution in [3.8, 4) is 0 Å². The highest BCUT2D eigenvalue weighted by Crippen LogP contribution is 2.40. The van der Waals surface area contributed by atoms with E-state index in [4.69, 9.17) is 0 Å². The summed E-state index contributed by atoms with van der Waals surface area (Å²) in [5, 5.41) is 3.74. The van der Waals surface area contributed by atoms with Crippen LogP contribution in [-0.4, -0.2) is 57.0 Å². The first kappa shape index (κ1) is 15.8. The number of nitrogens with zero attached hydrogens (tertiary/aromatic N) is 1. The Morgan fingerprint density at radius 3 is 2.29 bits per heavy atom. The van der Waals surface area contributed by atoms with E-state index >= 15 is 0 Å². The van der Waals surface area contributed by atoms with Gasteiger partial charge >= 0.3 is 0 Å². The lowest BCUT2D eigenvalue weighted by Gasteiger charge is -2.44. The summed E-state index contributed by atoms with van der Waals surface area (Å²) >= 11 is 0. The Balaban J connectivity index is 1.58. The van der Waals surface area contributed by atoms with Crippen molar-refractivity contribution < 1.29 is 8.42 Å². The largest absolute Gasteiger partial charge is 0.313 e. The van der Waals surface area contributed by atoms with Crippen LogP contribution in [0.5, 0.6) is 0 Å². The van der Waals surface area contributed by atoms with E-state index in [1.54, 1.807) is 0 Å². The van der Waals surface area contributed by atoms with Gasteiger partial charge in [0.25, 0.3) is 0 Å². The Labute approximate surface area is 129 Å². The number of hydrogen-bond donors (Lipinski definition) is 1. The van der Waals surface area contributed by atoms with E-state index in [2.05, 4.69) is 17.1 Å². The number of sulfone groups is 1. The molecule has 1 N–H and O–H groups in total. The summed E-state index contributed by atoms with van der Waals surface area (Å²) in [6.45, 7) is 6.07. The number of nitrogens with one attached hydrogen (secondary N) is 1. The minimum atomic E-state index is -2.76. The van der Waals surface area contributed by atoms with Crippen LogP contribution < -0.4 is 5.32 Å². The van der Waals surface area contributed by atoms with Crippen LogP contribution in [0.4, 0.5) is 0 Å². The second kappa shape index (κ2) is 6.17. The molecule has 2 aliphatic carbocycles. The molecule has 0 aromatic heterocycles. The van der Waals surface area contributed by atoms with Crippen LogP contribution >= 0.6 is 0 Å². The highest BCUT2D eigenvalue weighted by Gasteiger charge is 2.38. The van der Waals surface area contributed by atoms with Gasteiger partial charge in [0.15, 0.2) is 9.84 Å². The normalized spacial score (nSPS) is 37.5. The lowest BCUT2D eigenvalue weighted by molar-refractivity contribution is 0.0901. The van der Waals surface area contributed by atoms with E-state index in [9.17, 15) is 8.42 Å². The van der Waals surface area contributed by atoms with Gasteiger partial charge < -0.3 is 10.2 Å². The smallest absolute Gasteiger partial charge is 0.152 e. The Hall–Kier alpha value is -0.130. The molecule has 0 spiro atoms. The Kier molecular flexibility index (Phi) is 4.63. The standard InChI is InChI=1S/C16H30N2O2S/c1-14-4-6-16(7-5-14,12-17-15-2-3-15)13-18-8-10-21(19,20)11-9-18/h14-15,17H,2-13H2,1H3. The predicted octanol–water partition coefficient (Wildman–Crippen LogP) is 1.67. The Morgan fingerprint density at radius 1 is 1.10 bits per heavy atom. The van der Waals surface area contributed by atoms with Gasteiger partial charge in [0.05, 0.1) is 11.5 Å². The summed E-state index contributed by atoms with van der Waals surface area (Å²) in [6.07, 6.45) is 7.95. The zero-order valence-electron chi connectivity index (χ0n) is 13.3. The van der Waals surface area contributed by atoms with Crippen molar-refractivity contribution in [2.24, 2.45) is 11.3 Å². The maximum atomic E-state index is 11.6. The molecule has 4 nitrogen and oxygen atoms in total. The van der Waals surface area contributed by atoms with Gasteiger partial charge in [-0.3, -0.25) is 0 Å². The van der Waals surface area contributed by atoms with Gasteiger partial charge in [-0.15, -0.1) is 0 Å². The topological polar surface area (TPSA) is 49.4 Å². The van der Waals surface area contributed by atoms with Crippen LogP contribution in [-0.2, 0) is 9.84 Å². The van der Waals surface area contributed by atoms with E-state index in [-0.39, 0.29) is 0 Å². The molecule has 2 saturated carbocycles. The summed E-state index contributed by atoms with van der Waals surface area (Å²) in [5.41, 5.74) is 0.385. The van der Waals surface area contributed by atoms with Crippen molar-refractivity contribution in [1.29, 1.82) is 0 Å². The highest BCUT2D eigenvalue weighted by atomic mass is 32.2. The molecule has 0 unspecified atom stereocenters. The molecular weight excluding hydrogens is 284 g/mol. The molecule has 122 valence electrons. The lowest BCUT2D eigenvalue weighted by atomic mass is 9.70. The van der Waals surface area contributed by atoms with Crippen molar-refractivity contribution >= 4 is 9.84 Å². The minimum absolute atomic E-state index is 0.357. The zero-order chi connectivity index (χ0) is 14.9. The van der Waals surface area contributed by atoms with Gasteiger partial charge in [-0.1, -0.05) is 19.8 Å². The van der Waals surface area contributed by atoms with Gasteiger partial charge in [-0.2, -0.15) is 0 Å². The molecule has 1 saturated heterocycles. The first-order chi connectivity index (χ1) is 9.96. The maximum absolute atomic E-state index is 11.6. The third kappa shape index (κ3) is 4.42. The average molecular weight is 314 g/mol. The molecule has 3 fully saturated rings. The van der Waals surface area contributed by atoms with E-state index in [1.165, 1.54) is 38.5 Å². The SMILES string of the molecule is CC1CCC(CNC2CC2)(CN2CCS(=O)(=O)CC2)CC1. The molecule has 0 radical (unpaired) electrons. The zero-order valence-corrected chi connectivity index (χ0v) is 14.1. The van der Waals surface area contributed by atoms with Crippen molar-refractivity contribution in [1.82, 2.24) is 10.2 Å².